The smallest absolute Gasteiger partial charge is 0.141 e. The summed E-state index contributed by atoms with van der Waals surface area (Å²) in [6, 6.07) is 4.64. The van der Waals surface area contributed by atoms with E-state index in [-0.39, 0.29) is 5.02 Å². The number of nitrogens with one attached hydrogen (secondary N) is 1. The Morgan fingerprint density at radius 2 is 2.16 bits per heavy atom. The maximum atomic E-state index is 13.1. The average Bonchev–Trinajstić information content (AvgIpc) is 2.88. The van der Waals surface area contributed by atoms with E-state index in [0.717, 1.165) is 36.5 Å². The Hall–Kier alpha value is -1.55. The minimum absolute atomic E-state index is 0.121. The molecule has 3 rings (SSSR count). The van der Waals surface area contributed by atoms with Crippen LogP contribution in [-0.4, -0.2) is 16.3 Å². The van der Waals surface area contributed by atoms with Crippen molar-refractivity contribution in [3.8, 4) is 5.69 Å². The molecule has 2 heterocycles. The van der Waals surface area contributed by atoms with E-state index in [1.54, 1.807) is 18.3 Å². The number of fused-ring (bicyclic) bond motifs is 1. The minimum Gasteiger partial charge on any atom is -0.382 e. The Kier molecular flexibility index (Phi) is 4.43. The van der Waals surface area contributed by atoms with Crippen LogP contribution in [0, 0.1) is 5.82 Å². The summed E-state index contributed by atoms with van der Waals surface area (Å²) in [5.41, 5.74) is 2.97. The molecule has 0 saturated heterocycles. The number of aromatic nitrogens is 2. The number of hydrogen-bond acceptors (Lipinski definition) is 2. The Labute approximate surface area is 117 Å². The summed E-state index contributed by atoms with van der Waals surface area (Å²) in [5, 5.41) is 7.72. The van der Waals surface area contributed by atoms with Gasteiger partial charge in [0.1, 0.15) is 5.82 Å². The van der Waals surface area contributed by atoms with Gasteiger partial charge in [0, 0.05) is 6.54 Å². The predicted octanol–water partition coefficient (Wildman–Crippen LogP) is 4.05. The Morgan fingerprint density at radius 3 is 2.89 bits per heavy atom. The van der Waals surface area contributed by atoms with Crippen molar-refractivity contribution >= 4 is 17.3 Å². The Balaban J connectivity index is 0.000000637. The fraction of sp³-hybridized carbons (Fsp3) is 0.357. The molecule has 1 aromatic carbocycles. The maximum absolute atomic E-state index is 13.1. The molecule has 1 aliphatic rings. The van der Waals surface area contributed by atoms with Crippen molar-refractivity contribution in [2.24, 2.45) is 0 Å². The lowest BCUT2D eigenvalue weighted by molar-refractivity contribution is 0.627. The highest BCUT2D eigenvalue weighted by Crippen LogP contribution is 2.26. The first-order valence-corrected chi connectivity index (χ1v) is 6.90. The van der Waals surface area contributed by atoms with Crippen LogP contribution in [0.4, 0.5) is 10.1 Å². The average molecular weight is 282 g/mol. The van der Waals surface area contributed by atoms with Crippen LogP contribution in [0.3, 0.4) is 0 Å². The number of halogens is 2. The third-order valence-electron chi connectivity index (χ3n) is 2.92. The molecule has 19 heavy (non-hydrogen) atoms. The molecule has 5 heteroatoms. The third-order valence-corrected chi connectivity index (χ3v) is 3.21. The number of benzene rings is 1. The highest BCUT2D eigenvalue weighted by Gasteiger charge is 2.16. The number of hydrogen-bond donors (Lipinski definition) is 1. The first-order chi connectivity index (χ1) is 9.25. The van der Waals surface area contributed by atoms with E-state index in [0.29, 0.717) is 0 Å². The third kappa shape index (κ3) is 2.73. The summed E-state index contributed by atoms with van der Waals surface area (Å²) in [6.45, 7) is 4.98. The molecule has 0 radical (unpaired) electrons. The van der Waals surface area contributed by atoms with Crippen LogP contribution in [0.2, 0.25) is 5.02 Å². The van der Waals surface area contributed by atoms with E-state index in [1.165, 1.54) is 6.07 Å². The van der Waals surface area contributed by atoms with Gasteiger partial charge in [0.25, 0.3) is 0 Å². The summed E-state index contributed by atoms with van der Waals surface area (Å²) in [4.78, 5) is 0. The summed E-state index contributed by atoms with van der Waals surface area (Å²) >= 11 is 5.78. The van der Waals surface area contributed by atoms with Crippen molar-refractivity contribution in [2.45, 2.75) is 26.7 Å². The van der Waals surface area contributed by atoms with Crippen molar-refractivity contribution in [2.75, 3.05) is 11.9 Å². The molecule has 0 bridgehead atoms. The normalized spacial score (nSPS) is 13.1. The van der Waals surface area contributed by atoms with Crippen LogP contribution in [0.1, 0.15) is 26.0 Å². The molecule has 1 aromatic heterocycles. The van der Waals surface area contributed by atoms with Gasteiger partial charge >= 0.3 is 0 Å². The molecule has 0 spiro atoms. The van der Waals surface area contributed by atoms with Crippen molar-refractivity contribution < 1.29 is 4.39 Å². The van der Waals surface area contributed by atoms with E-state index in [1.807, 2.05) is 18.5 Å². The zero-order chi connectivity index (χ0) is 13.8. The lowest BCUT2D eigenvalue weighted by Gasteiger charge is -2.15. The number of anilines is 1. The highest BCUT2D eigenvalue weighted by atomic mass is 35.5. The van der Waals surface area contributed by atoms with Gasteiger partial charge in [-0.15, -0.1) is 0 Å². The van der Waals surface area contributed by atoms with Gasteiger partial charge in [-0.05, 0) is 31.0 Å². The standard InChI is InChI=1S/C12H11ClFN3.C2H6/c13-9-6-8(3-4-10(9)14)17-12-2-1-5-15-11(12)7-16-17;1-2/h3-4,6-7,15H,1-2,5H2;1-2H3. The second-order valence-corrected chi connectivity index (χ2v) is 4.45. The van der Waals surface area contributed by atoms with Crippen molar-refractivity contribution in [1.82, 2.24) is 9.78 Å². The molecule has 0 aliphatic carbocycles. The Morgan fingerprint density at radius 1 is 1.37 bits per heavy atom. The summed E-state index contributed by atoms with van der Waals surface area (Å²) in [5.74, 6) is -0.408. The van der Waals surface area contributed by atoms with Gasteiger partial charge in [-0.3, -0.25) is 0 Å². The van der Waals surface area contributed by atoms with Crippen LogP contribution in [0.15, 0.2) is 24.4 Å². The number of rotatable bonds is 1. The molecule has 102 valence electrons. The first kappa shape index (κ1) is 13.9. The maximum Gasteiger partial charge on any atom is 0.141 e. The molecule has 3 nitrogen and oxygen atoms in total. The zero-order valence-electron chi connectivity index (χ0n) is 11.1. The van der Waals surface area contributed by atoms with Crippen LogP contribution >= 0.6 is 11.6 Å². The highest BCUT2D eigenvalue weighted by molar-refractivity contribution is 6.30. The van der Waals surface area contributed by atoms with Crippen LogP contribution in [0.25, 0.3) is 5.69 Å². The molecule has 0 fully saturated rings. The molecular weight excluding hydrogens is 265 g/mol. The van der Waals surface area contributed by atoms with Gasteiger partial charge < -0.3 is 5.32 Å². The lowest BCUT2D eigenvalue weighted by atomic mass is 10.1. The van der Waals surface area contributed by atoms with E-state index in [9.17, 15) is 4.39 Å². The topological polar surface area (TPSA) is 29.9 Å². The quantitative estimate of drug-likeness (QED) is 0.855. The van der Waals surface area contributed by atoms with Crippen LogP contribution in [0.5, 0.6) is 0 Å². The molecule has 1 aliphatic heterocycles. The largest absolute Gasteiger partial charge is 0.382 e. The predicted molar refractivity (Wildman–Crippen MR) is 76.7 cm³/mol. The molecule has 2 aromatic rings. The second kappa shape index (κ2) is 6.06. The monoisotopic (exact) mass is 281 g/mol. The van der Waals surface area contributed by atoms with Gasteiger partial charge in [-0.1, -0.05) is 25.4 Å². The minimum atomic E-state index is -0.408. The van der Waals surface area contributed by atoms with E-state index in [2.05, 4.69) is 10.4 Å². The summed E-state index contributed by atoms with van der Waals surface area (Å²) in [7, 11) is 0. The second-order valence-electron chi connectivity index (χ2n) is 4.05. The van der Waals surface area contributed by atoms with E-state index < -0.39 is 5.82 Å². The number of nitrogens with zero attached hydrogens (tertiary/aromatic N) is 2. The lowest BCUT2D eigenvalue weighted by Crippen LogP contribution is -2.13. The van der Waals surface area contributed by atoms with Crippen molar-refractivity contribution in [1.29, 1.82) is 0 Å². The van der Waals surface area contributed by atoms with Crippen molar-refractivity contribution in [3.63, 3.8) is 0 Å². The molecule has 0 atom stereocenters. The molecule has 1 N–H and O–H groups in total. The first-order valence-electron chi connectivity index (χ1n) is 6.52. The van der Waals surface area contributed by atoms with Gasteiger partial charge in [-0.25, -0.2) is 9.07 Å². The molecule has 0 amide bonds. The summed E-state index contributed by atoms with van der Waals surface area (Å²) < 4.78 is 14.9. The van der Waals surface area contributed by atoms with E-state index >= 15 is 0 Å². The fourth-order valence-electron chi connectivity index (χ4n) is 2.08. The van der Waals surface area contributed by atoms with Crippen LogP contribution < -0.4 is 5.32 Å². The zero-order valence-corrected chi connectivity index (χ0v) is 11.8. The summed E-state index contributed by atoms with van der Waals surface area (Å²) in [6.07, 6.45) is 3.84. The van der Waals surface area contributed by atoms with Crippen LogP contribution in [-0.2, 0) is 6.42 Å². The molecular formula is C14H17ClFN3. The van der Waals surface area contributed by atoms with E-state index in [4.69, 9.17) is 11.6 Å². The SMILES string of the molecule is CC.Fc1ccc(-n2ncc3c2CCCN3)cc1Cl. The van der Waals surface area contributed by atoms with Gasteiger partial charge in [0.15, 0.2) is 0 Å². The molecule has 0 saturated carbocycles. The Bertz CT molecular complexity index is 566. The fourth-order valence-corrected chi connectivity index (χ4v) is 2.25. The molecule has 0 unspecified atom stereocenters. The van der Waals surface area contributed by atoms with Gasteiger partial charge in [-0.2, -0.15) is 5.10 Å². The van der Waals surface area contributed by atoms with Gasteiger partial charge in [0.2, 0.25) is 0 Å². The van der Waals surface area contributed by atoms with Gasteiger partial charge in [0.05, 0.1) is 28.3 Å². The van der Waals surface area contributed by atoms with Crippen molar-refractivity contribution in [3.05, 3.63) is 40.9 Å².